The van der Waals surface area contributed by atoms with Gasteiger partial charge in [-0.1, -0.05) is 23.7 Å². The Morgan fingerprint density at radius 2 is 2.23 bits per heavy atom. The normalized spacial score (nSPS) is 21.3. The average Bonchev–Trinajstić information content (AvgIpc) is 3.31. The van der Waals surface area contributed by atoms with E-state index in [0.29, 0.717) is 17.5 Å². The monoisotopic (exact) mass is 344 g/mol. The van der Waals surface area contributed by atoms with E-state index in [1.165, 1.54) is 12.8 Å². The van der Waals surface area contributed by atoms with Gasteiger partial charge in [0, 0.05) is 24.7 Å². The maximum Gasteiger partial charge on any atom is 0.249 e. The molecule has 2 aliphatic rings. The summed E-state index contributed by atoms with van der Waals surface area (Å²) < 4.78 is 5.54. The van der Waals surface area contributed by atoms with Crippen molar-refractivity contribution in [2.24, 2.45) is 5.92 Å². The van der Waals surface area contributed by atoms with Crippen molar-refractivity contribution >= 4 is 29.9 Å². The minimum atomic E-state index is 0. The van der Waals surface area contributed by atoms with Crippen molar-refractivity contribution in [1.82, 2.24) is 10.2 Å². The Morgan fingerprint density at radius 1 is 1.41 bits per heavy atom. The molecule has 6 heteroatoms. The van der Waals surface area contributed by atoms with Crippen molar-refractivity contribution < 1.29 is 9.53 Å². The summed E-state index contributed by atoms with van der Waals surface area (Å²) in [6, 6.07) is 7.78. The van der Waals surface area contributed by atoms with Crippen LogP contribution in [0, 0.1) is 5.92 Å². The lowest BCUT2D eigenvalue weighted by Gasteiger charge is -2.36. The van der Waals surface area contributed by atoms with Crippen molar-refractivity contribution in [3.05, 3.63) is 34.9 Å². The SMILES string of the molecule is Cl.O=C(COCC1CC1)N1CCNCC1c1cccc(Cl)c1. The Bertz CT molecular complexity index is 509. The number of rotatable bonds is 5. The zero-order chi connectivity index (χ0) is 14.7. The summed E-state index contributed by atoms with van der Waals surface area (Å²) in [5.41, 5.74) is 1.07. The summed E-state index contributed by atoms with van der Waals surface area (Å²) in [7, 11) is 0. The van der Waals surface area contributed by atoms with E-state index in [4.69, 9.17) is 16.3 Å². The number of halogens is 2. The van der Waals surface area contributed by atoms with E-state index in [1.807, 2.05) is 29.2 Å². The molecule has 1 aromatic carbocycles. The van der Waals surface area contributed by atoms with E-state index in [9.17, 15) is 4.79 Å². The molecule has 1 saturated carbocycles. The van der Waals surface area contributed by atoms with Crippen LogP contribution in [-0.2, 0) is 9.53 Å². The lowest BCUT2D eigenvalue weighted by atomic mass is 10.0. The topological polar surface area (TPSA) is 41.6 Å². The zero-order valence-electron chi connectivity index (χ0n) is 12.5. The van der Waals surface area contributed by atoms with Crippen LogP contribution in [0.1, 0.15) is 24.4 Å². The maximum atomic E-state index is 12.4. The fourth-order valence-electron chi connectivity index (χ4n) is 2.69. The molecule has 0 spiro atoms. The second-order valence-electron chi connectivity index (χ2n) is 5.82. The molecule has 1 amide bonds. The van der Waals surface area contributed by atoms with Crippen LogP contribution in [0.3, 0.4) is 0 Å². The summed E-state index contributed by atoms with van der Waals surface area (Å²) in [6.45, 7) is 3.20. The molecule has 22 heavy (non-hydrogen) atoms. The Kier molecular flexibility index (Phi) is 6.50. The van der Waals surface area contributed by atoms with Crippen LogP contribution in [0.15, 0.2) is 24.3 Å². The highest BCUT2D eigenvalue weighted by molar-refractivity contribution is 6.30. The molecular formula is C16H22Cl2N2O2. The predicted molar refractivity (Wildman–Crippen MR) is 89.6 cm³/mol. The number of amides is 1. The number of piperazine rings is 1. The fraction of sp³-hybridized carbons (Fsp3) is 0.562. The van der Waals surface area contributed by atoms with Crippen molar-refractivity contribution in [2.75, 3.05) is 32.8 Å². The number of hydrogen-bond donors (Lipinski definition) is 1. The smallest absolute Gasteiger partial charge is 0.249 e. The van der Waals surface area contributed by atoms with E-state index in [0.717, 1.165) is 25.3 Å². The van der Waals surface area contributed by atoms with E-state index in [2.05, 4.69) is 5.32 Å². The number of carbonyl (C=O) groups excluding carboxylic acids is 1. The van der Waals surface area contributed by atoms with Gasteiger partial charge in [0.1, 0.15) is 6.61 Å². The molecule has 1 aliphatic heterocycles. The van der Waals surface area contributed by atoms with Gasteiger partial charge in [-0.15, -0.1) is 12.4 Å². The Hall–Kier alpha value is -0.810. The number of benzene rings is 1. The first-order valence-corrected chi connectivity index (χ1v) is 7.95. The van der Waals surface area contributed by atoms with Crippen molar-refractivity contribution in [2.45, 2.75) is 18.9 Å². The Labute approximate surface area is 142 Å². The van der Waals surface area contributed by atoms with E-state index in [1.54, 1.807) is 0 Å². The number of nitrogens with one attached hydrogen (secondary N) is 1. The molecule has 1 heterocycles. The Balaban J connectivity index is 0.00000176. The van der Waals surface area contributed by atoms with Crippen molar-refractivity contribution in [1.29, 1.82) is 0 Å². The molecular weight excluding hydrogens is 323 g/mol. The van der Waals surface area contributed by atoms with Crippen molar-refractivity contribution in [3.8, 4) is 0 Å². The lowest BCUT2D eigenvalue weighted by molar-refractivity contribution is -0.139. The van der Waals surface area contributed by atoms with Gasteiger partial charge in [-0.05, 0) is 36.5 Å². The Morgan fingerprint density at radius 3 is 2.95 bits per heavy atom. The molecule has 1 atom stereocenters. The van der Waals surface area contributed by atoms with Gasteiger partial charge in [-0.25, -0.2) is 0 Å². The summed E-state index contributed by atoms with van der Waals surface area (Å²) in [5, 5.41) is 4.05. The van der Waals surface area contributed by atoms with Gasteiger partial charge in [0.25, 0.3) is 0 Å². The van der Waals surface area contributed by atoms with Gasteiger partial charge in [-0.2, -0.15) is 0 Å². The molecule has 1 saturated heterocycles. The van der Waals surface area contributed by atoms with Gasteiger partial charge in [0.15, 0.2) is 0 Å². The van der Waals surface area contributed by atoms with E-state index in [-0.39, 0.29) is 31.0 Å². The summed E-state index contributed by atoms with van der Waals surface area (Å²) in [6.07, 6.45) is 2.49. The van der Waals surface area contributed by atoms with Crippen LogP contribution in [0.5, 0.6) is 0 Å². The highest BCUT2D eigenvalue weighted by Gasteiger charge is 2.28. The number of hydrogen-bond acceptors (Lipinski definition) is 3. The first-order chi connectivity index (χ1) is 10.2. The number of nitrogens with zero attached hydrogens (tertiary/aromatic N) is 1. The van der Waals surface area contributed by atoms with Gasteiger partial charge in [0.05, 0.1) is 12.6 Å². The average molecular weight is 345 g/mol. The highest BCUT2D eigenvalue weighted by atomic mass is 35.5. The highest BCUT2D eigenvalue weighted by Crippen LogP contribution is 2.29. The number of ether oxygens (including phenoxy) is 1. The van der Waals surface area contributed by atoms with Gasteiger partial charge in [-0.3, -0.25) is 4.79 Å². The maximum absolute atomic E-state index is 12.4. The summed E-state index contributed by atoms with van der Waals surface area (Å²) in [4.78, 5) is 14.3. The molecule has 1 aromatic rings. The largest absolute Gasteiger partial charge is 0.371 e. The molecule has 1 aliphatic carbocycles. The molecule has 3 rings (SSSR count). The summed E-state index contributed by atoms with van der Waals surface area (Å²) >= 11 is 6.07. The van der Waals surface area contributed by atoms with Crippen molar-refractivity contribution in [3.63, 3.8) is 0 Å². The van der Waals surface area contributed by atoms with Crippen LogP contribution in [0.4, 0.5) is 0 Å². The molecule has 0 aromatic heterocycles. The second-order valence-corrected chi connectivity index (χ2v) is 6.26. The third-order valence-electron chi connectivity index (χ3n) is 4.07. The standard InChI is InChI=1S/C16H21ClN2O2.ClH/c17-14-3-1-2-13(8-14)15-9-18-6-7-19(15)16(20)11-21-10-12-4-5-12;/h1-3,8,12,15,18H,4-7,9-11H2;1H. The molecule has 0 bridgehead atoms. The van der Waals surface area contributed by atoms with E-state index < -0.39 is 0 Å². The van der Waals surface area contributed by atoms with Crippen LogP contribution in [-0.4, -0.2) is 43.7 Å². The molecule has 1 unspecified atom stereocenters. The lowest BCUT2D eigenvalue weighted by Crippen LogP contribution is -2.49. The summed E-state index contributed by atoms with van der Waals surface area (Å²) in [5.74, 6) is 0.756. The van der Waals surface area contributed by atoms with Gasteiger partial charge >= 0.3 is 0 Å². The predicted octanol–water partition coefficient (Wildman–Crippen LogP) is 2.66. The third-order valence-corrected chi connectivity index (χ3v) is 4.31. The molecule has 0 radical (unpaired) electrons. The molecule has 4 nitrogen and oxygen atoms in total. The molecule has 2 fully saturated rings. The number of carbonyl (C=O) groups is 1. The quantitative estimate of drug-likeness (QED) is 0.892. The van der Waals surface area contributed by atoms with Gasteiger partial charge < -0.3 is 15.0 Å². The van der Waals surface area contributed by atoms with Crippen LogP contribution >= 0.6 is 24.0 Å². The second kappa shape index (κ2) is 8.16. The van der Waals surface area contributed by atoms with E-state index >= 15 is 0 Å². The van der Waals surface area contributed by atoms with Crippen LogP contribution in [0.2, 0.25) is 5.02 Å². The molecule has 1 N–H and O–H groups in total. The first-order valence-electron chi connectivity index (χ1n) is 7.57. The van der Waals surface area contributed by atoms with Gasteiger partial charge in [0.2, 0.25) is 5.91 Å². The molecule has 122 valence electrons. The first kappa shape index (κ1) is 17.5. The fourth-order valence-corrected chi connectivity index (χ4v) is 2.89. The third kappa shape index (κ3) is 4.59. The minimum Gasteiger partial charge on any atom is -0.371 e. The minimum absolute atomic E-state index is 0. The van der Waals surface area contributed by atoms with Crippen LogP contribution < -0.4 is 5.32 Å². The van der Waals surface area contributed by atoms with Crippen LogP contribution in [0.25, 0.3) is 0 Å². The zero-order valence-corrected chi connectivity index (χ0v) is 14.0.